The van der Waals surface area contributed by atoms with E-state index >= 15 is 0 Å². The Morgan fingerprint density at radius 2 is 2.37 bits per heavy atom. The molecule has 0 saturated carbocycles. The van der Waals surface area contributed by atoms with E-state index in [1.807, 2.05) is 6.08 Å². The van der Waals surface area contributed by atoms with Crippen molar-refractivity contribution in [2.45, 2.75) is 56.3 Å². The molecule has 0 amide bonds. The Hall–Kier alpha value is -0.430. The Labute approximate surface area is 128 Å². The van der Waals surface area contributed by atoms with Gasteiger partial charge in [0.25, 0.3) is 0 Å². The van der Waals surface area contributed by atoms with Crippen LogP contribution in [0, 0.1) is 12.3 Å². The van der Waals surface area contributed by atoms with Crippen LogP contribution in [0.5, 0.6) is 0 Å². The Morgan fingerprint density at radius 1 is 1.58 bits per heavy atom. The van der Waals surface area contributed by atoms with Crippen LogP contribution in [0.25, 0.3) is 0 Å². The van der Waals surface area contributed by atoms with Gasteiger partial charge in [0.2, 0.25) is 0 Å². The van der Waals surface area contributed by atoms with E-state index in [9.17, 15) is 0 Å². The number of alkyl halides is 1. The minimum Gasteiger partial charge on any atom is -0.492 e. The fraction of sp³-hybridized carbons (Fsp3) is 0.600. The van der Waals surface area contributed by atoms with Gasteiger partial charge in [-0.25, -0.2) is 0 Å². The summed E-state index contributed by atoms with van der Waals surface area (Å²) in [5, 5.41) is -0.0510. The minimum absolute atomic E-state index is 0.0504. The molecule has 0 aromatic heterocycles. The van der Waals surface area contributed by atoms with Crippen molar-refractivity contribution >= 4 is 27.5 Å². The highest BCUT2D eigenvalue weighted by molar-refractivity contribution is 9.11. The van der Waals surface area contributed by atoms with Crippen molar-refractivity contribution in [3.05, 3.63) is 22.4 Å². The van der Waals surface area contributed by atoms with Crippen molar-refractivity contribution in [2.24, 2.45) is 0 Å². The molecule has 4 atom stereocenters. The SMILES string of the molecule is C#C/C=C/CC1O/C(=C(\Br)CC)C[C@H]2O[C@H]2C[C@H]1Cl. The van der Waals surface area contributed by atoms with Gasteiger partial charge in [0, 0.05) is 17.3 Å². The molecule has 2 heterocycles. The number of fused-ring (bicyclic) bond motifs is 1. The van der Waals surface area contributed by atoms with Crippen LogP contribution >= 0.6 is 27.5 Å². The maximum absolute atomic E-state index is 6.44. The van der Waals surface area contributed by atoms with Gasteiger partial charge in [0.1, 0.15) is 11.9 Å². The summed E-state index contributed by atoms with van der Waals surface area (Å²) >= 11 is 10.0. The third-order valence-corrected chi connectivity index (χ3v) is 4.89. The quantitative estimate of drug-likeness (QED) is 0.436. The molecular weight excluding hydrogens is 328 g/mol. The van der Waals surface area contributed by atoms with Crippen molar-refractivity contribution < 1.29 is 9.47 Å². The molecule has 2 fully saturated rings. The minimum atomic E-state index is -0.0510. The molecule has 0 aromatic rings. The number of epoxide rings is 1. The molecule has 19 heavy (non-hydrogen) atoms. The number of allylic oxidation sites excluding steroid dienone is 2. The monoisotopic (exact) mass is 344 g/mol. The maximum Gasteiger partial charge on any atom is 0.118 e. The topological polar surface area (TPSA) is 21.8 Å². The normalized spacial score (nSPS) is 36.7. The van der Waals surface area contributed by atoms with Gasteiger partial charge in [-0.1, -0.05) is 34.9 Å². The molecule has 0 N–H and O–H groups in total. The first-order valence-corrected chi connectivity index (χ1v) is 7.83. The number of hydrogen-bond donors (Lipinski definition) is 0. The zero-order chi connectivity index (χ0) is 13.8. The standard InChI is InChI=1S/C15H18BrClO2/c1-3-5-6-7-12-11(17)8-14-15(19-14)9-13(18-12)10(16)4-2/h1,5-6,11-12,14-15H,4,7-9H2,2H3/b6-5+,13-10-/t11-,12?,14+,15-/m1/s1. The Morgan fingerprint density at radius 3 is 3.05 bits per heavy atom. The van der Waals surface area contributed by atoms with Crippen molar-refractivity contribution in [1.82, 2.24) is 0 Å². The molecule has 2 aliphatic heterocycles. The molecule has 2 aliphatic rings. The average molecular weight is 346 g/mol. The van der Waals surface area contributed by atoms with Crippen molar-refractivity contribution in [2.75, 3.05) is 0 Å². The van der Waals surface area contributed by atoms with Crippen LogP contribution in [0.2, 0.25) is 0 Å². The van der Waals surface area contributed by atoms with Gasteiger partial charge in [-0.2, -0.15) is 0 Å². The third kappa shape index (κ3) is 4.02. The number of rotatable bonds is 3. The maximum atomic E-state index is 6.44. The van der Waals surface area contributed by atoms with E-state index in [4.69, 9.17) is 27.5 Å². The predicted molar refractivity (Wildman–Crippen MR) is 81.2 cm³/mol. The second-order valence-corrected chi connectivity index (χ2v) is 6.33. The summed E-state index contributed by atoms with van der Waals surface area (Å²) in [6, 6.07) is 0. The Bertz CT molecular complexity index is 424. The molecule has 2 saturated heterocycles. The summed E-state index contributed by atoms with van der Waals surface area (Å²) in [5.74, 6) is 3.46. The van der Waals surface area contributed by atoms with E-state index < -0.39 is 0 Å². The second-order valence-electron chi connectivity index (χ2n) is 4.81. The molecule has 104 valence electrons. The number of ether oxygens (including phenoxy) is 2. The highest BCUT2D eigenvalue weighted by atomic mass is 79.9. The second kappa shape index (κ2) is 6.83. The smallest absolute Gasteiger partial charge is 0.118 e. The lowest BCUT2D eigenvalue weighted by atomic mass is 10.0. The van der Waals surface area contributed by atoms with Crippen LogP contribution < -0.4 is 0 Å². The molecule has 0 radical (unpaired) electrons. The summed E-state index contributed by atoms with van der Waals surface area (Å²) in [6.45, 7) is 2.09. The first-order valence-electron chi connectivity index (χ1n) is 6.60. The lowest BCUT2D eigenvalue weighted by Crippen LogP contribution is -2.28. The fourth-order valence-corrected chi connectivity index (χ4v) is 2.85. The van der Waals surface area contributed by atoms with Crippen LogP contribution in [-0.4, -0.2) is 23.7 Å². The number of terminal acetylenes is 1. The summed E-state index contributed by atoms with van der Waals surface area (Å²) in [5.41, 5.74) is 0. The van der Waals surface area contributed by atoms with Gasteiger partial charge in [0.05, 0.1) is 17.6 Å². The predicted octanol–water partition coefficient (Wildman–Crippen LogP) is 4.14. The van der Waals surface area contributed by atoms with Gasteiger partial charge in [-0.05, 0) is 18.9 Å². The van der Waals surface area contributed by atoms with Gasteiger partial charge >= 0.3 is 0 Å². The first-order chi connectivity index (χ1) is 9.15. The molecule has 0 spiro atoms. The summed E-state index contributed by atoms with van der Waals surface area (Å²) in [4.78, 5) is 0. The molecule has 0 aliphatic carbocycles. The van der Waals surface area contributed by atoms with Gasteiger partial charge in [-0.3, -0.25) is 0 Å². The van der Waals surface area contributed by atoms with Crippen molar-refractivity contribution in [3.8, 4) is 12.3 Å². The van der Waals surface area contributed by atoms with Crippen LogP contribution in [0.15, 0.2) is 22.4 Å². The number of hydrogen-bond acceptors (Lipinski definition) is 2. The summed E-state index contributed by atoms with van der Waals surface area (Å²) in [7, 11) is 0. The first kappa shape index (κ1) is 15.0. The largest absolute Gasteiger partial charge is 0.492 e. The van der Waals surface area contributed by atoms with E-state index in [1.165, 1.54) is 0 Å². The molecule has 2 rings (SSSR count). The molecule has 0 aromatic carbocycles. The van der Waals surface area contributed by atoms with Crippen LogP contribution in [-0.2, 0) is 9.47 Å². The Kier molecular flexibility index (Phi) is 5.38. The molecule has 1 unspecified atom stereocenters. The van der Waals surface area contributed by atoms with Gasteiger partial charge < -0.3 is 9.47 Å². The third-order valence-electron chi connectivity index (χ3n) is 3.42. The Balaban J connectivity index is 2.11. The van der Waals surface area contributed by atoms with E-state index in [0.29, 0.717) is 0 Å². The van der Waals surface area contributed by atoms with E-state index in [2.05, 4.69) is 28.8 Å². The van der Waals surface area contributed by atoms with Crippen LogP contribution in [0.4, 0.5) is 0 Å². The fourth-order valence-electron chi connectivity index (χ4n) is 2.26. The summed E-state index contributed by atoms with van der Waals surface area (Å²) < 4.78 is 12.8. The highest BCUT2D eigenvalue weighted by Crippen LogP contribution is 2.40. The van der Waals surface area contributed by atoms with E-state index in [0.717, 1.165) is 35.9 Å². The van der Waals surface area contributed by atoms with Gasteiger partial charge in [0.15, 0.2) is 0 Å². The van der Waals surface area contributed by atoms with Gasteiger partial charge in [-0.15, -0.1) is 18.0 Å². The molecular formula is C15H18BrClO2. The zero-order valence-electron chi connectivity index (χ0n) is 10.9. The highest BCUT2D eigenvalue weighted by Gasteiger charge is 2.44. The van der Waals surface area contributed by atoms with E-state index in [1.54, 1.807) is 6.08 Å². The zero-order valence-corrected chi connectivity index (χ0v) is 13.3. The molecule has 2 nitrogen and oxygen atoms in total. The molecule has 0 bridgehead atoms. The lowest BCUT2D eigenvalue weighted by Gasteiger charge is -2.26. The number of halogens is 2. The average Bonchev–Trinajstić information content (AvgIpc) is 3.11. The van der Waals surface area contributed by atoms with Crippen LogP contribution in [0.3, 0.4) is 0 Å². The summed E-state index contributed by atoms with van der Waals surface area (Å²) in [6.07, 6.45) is 12.7. The van der Waals surface area contributed by atoms with Crippen molar-refractivity contribution in [3.63, 3.8) is 0 Å². The lowest BCUT2D eigenvalue weighted by molar-refractivity contribution is 0.0992. The van der Waals surface area contributed by atoms with Crippen LogP contribution in [0.1, 0.15) is 32.6 Å². The van der Waals surface area contributed by atoms with Crippen molar-refractivity contribution in [1.29, 1.82) is 0 Å². The van der Waals surface area contributed by atoms with E-state index in [-0.39, 0.29) is 23.7 Å². The molecule has 4 heteroatoms.